The van der Waals surface area contributed by atoms with Gasteiger partial charge in [-0.3, -0.25) is 0 Å². The van der Waals surface area contributed by atoms with Crippen LogP contribution in [0.4, 0.5) is 0 Å². The Bertz CT molecular complexity index is 411. The third kappa shape index (κ3) is 3.34. The average molecular weight is 251 g/mol. The largest absolute Gasteiger partial charge is 0.392 e. The number of allylic oxidation sites excluding steroid dienone is 2. The van der Waals surface area contributed by atoms with E-state index >= 15 is 0 Å². The quantitative estimate of drug-likeness (QED) is 0.807. The van der Waals surface area contributed by atoms with E-state index in [1.807, 2.05) is 19.1 Å². The van der Waals surface area contributed by atoms with Gasteiger partial charge >= 0.3 is 0 Å². The second-order valence-corrected chi connectivity index (χ2v) is 5.32. The molecule has 0 radical (unpaired) electrons. The number of hydrogen-bond donors (Lipinski definition) is 1. The highest BCUT2D eigenvalue weighted by molar-refractivity contribution is 6.31. The second-order valence-electron chi connectivity index (χ2n) is 4.91. The van der Waals surface area contributed by atoms with E-state index in [2.05, 4.69) is 18.2 Å². The Hall–Kier alpha value is -0.790. The van der Waals surface area contributed by atoms with Crippen molar-refractivity contribution in [3.05, 3.63) is 46.5 Å². The van der Waals surface area contributed by atoms with Gasteiger partial charge in [0.05, 0.1) is 6.10 Å². The molecule has 2 atom stereocenters. The lowest BCUT2D eigenvalue weighted by atomic mass is 9.86. The lowest BCUT2D eigenvalue weighted by Crippen LogP contribution is -2.23. The number of rotatable bonds is 3. The molecule has 92 valence electrons. The van der Waals surface area contributed by atoms with Crippen LogP contribution in [0.1, 0.15) is 30.4 Å². The minimum absolute atomic E-state index is 0.278. The van der Waals surface area contributed by atoms with Crippen molar-refractivity contribution < 1.29 is 5.11 Å². The van der Waals surface area contributed by atoms with E-state index in [9.17, 15) is 5.11 Å². The Morgan fingerprint density at radius 3 is 2.88 bits per heavy atom. The fraction of sp³-hybridized carbons (Fsp3) is 0.467. The second kappa shape index (κ2) is 5.70. The first-order valence-corrected chi connectivity index (χ1v) is 6.62. The van der Waals surface area contributed by atoms with Gasteiger partial charge in [-0.1, -0.05) is 35.9 Å². The lowest BCUT2D eigenvalue weighted by Gasteiger charge is -2.24. The predicted molar refractivity (Wildman–Crippen MR) is 72.4 cm³/mol. The van der Waals surface area contributed by atoms with Crippen molar-refractivity contribution in [2.24, 2.45) is 5.92 Å². The number of benzene rings is 1. The molecule has 0 heterocycles. The molecule has 1 aromatic rings. The van der Waals surface area contributed by atoms with Gasteiger partial charge in [-0.15, -0.1) is 0 Å². The normalized spacial score (nSPS) is 21.5. The lowest BCUT2D eigenvalue weighted by molar-refractivity contribution is 0.102. The number of halogens is 1. The Labute approximate surface area is 108 Å². The number of hydrogen-bond acceptors (Lipinski definition) is 1. The first kappa shape index (κ1) is 12.7. The van der Waals surface area contributed by atoms with Crippen LogP contribution in [0.5, 0.6) is 0 Å². The summed E-state index contributed by atoms with van der Waals surface area (Å²) in [6.07, 6.45) is 7.92. The molecule has 1 N–H and O–H groups in total. The third-order valence-corrected chi connectivity index (χ3v) is 3.84. The van der Waals surface area contributed by atoms with Crippen LogP contribution in [0.25, 0.3) is 0 Å². The SMILES string of the molecule is Cc1ccc(CC(O)C2CC=CCC2)c(Cl)c1. The Balaban J connectivity index is 2.02. The van der Waals surface area contributed by atoms with Gasteiger partial charge in [0.15, 0.2) is 0 Å². The van der Waals surface area contributed by atoms with E-state index in [-0.39, 0.29) is 6.10 Å². The van der Waals surface area contributed by atoms with Crippen LogP contribution in [0.15, 0.2) is 30.4 Å². The van der Waals surface area contributed by atoms with Gasteiger partial charge in [0.25, 0.3) is 0 Å². The van der Waals surface area contributed by atoms with Gasteiger partial charge in [0.1, 0.15) is 0 Å². The minimum atomic E-state index is -0.278. The predicted octanol–water partition coefficient (Wildman–Crippen LogP) is 3.91. The Morgan fingerprint density at radius 1 is 1.41 bits per heavy atom. The van der Waals surface area contributed by atoms with Crippen molar-refractivity contribution >= 4 is 11.6 Å². The van der Waals surface area contributed by atoms with Crippen molar-refractivity contribution in [1.29, 1.82) is 0 Å². The number of aliphatic hydroxyl groups excluding tert-OH is 1. The molecule has 0 fully saturated rings. The van der Waals surface area contributed by atoms with Gasteiger partial charge < -0.3 is 5.11 Å². The van der Waals surface area contributed by atoms with E-state index in [4.69, 9.17) is 11.6 Å². The zero-order valence-electron chi connectivity index (χ0n) is 10.2. The van der Waals surface area contributed by atoms with E-state index in [0.717, 1.165) is 35.4 Å². The molecule has 0 aromatic heterocycles. The highest BCUT2D eigenvalue weighted by Crippen LogP contribution is 2.26. The molecule has 0 spiro atoms. The van der Waals surface area contributed by atoms with E-state index in [0.29, 0.717) is 12.3 Å². The molecule has 17 heavy (non-hydrogen) atoms. The van der Waals surface area contributed by atoms with Gasteiger partial charge in [-0.05, 0) is 49.3 Å². The van der Waals surface area contributed by atoms with Crippen LogP contribution in [-0.4, -0.2) is 11.2 Å². The van der Waals surface area contributed by atoms with E-state index in [1.54, 1.807) is 0 Å². The Kier molecular flexibility index (Phi) is 4.25. The molecule has 2 heteroatoms. The van der Waals surface area contributed by atoms with Crippen LogP contribution in [0, 0.1) is 12.8 Å². The van der Waals surface area contributed by atoms with Crippen molar-refractivity contribution in [2.75, 3.05) is 0 Å². The van der Waals surface area contributed by atoms with Gasteiger partial charge in [-0.25, -0.2) is 0 Å². The van der Waals surface area contributed by atoms with E-state index < -0.39 is 0 Å². The topological polar surface area (TPSA) is 20.2 Å². The summed E-state index contributed by atoms with van der Waals surface area (Å²) in [7, 11) is 0. The fourth-order valence-corrected chi connectivity index (χ4v) is 2.69. The maximum absolute atomic E-state index is 10.2. The summed E-state index contributed by atoms with van der Waals surface area (Å²) in [5.41, 5.74) is 2.22. The molecule has 1 aliphatic rings. The minimum Gasteiger partial charge on any atom is -0.392 e. The van der Waals surface area contributed by atoms with Crippen molar-refractivity contribution in [1.82, 2.24) is 0 Å². The molecule has 0 bridgehead atoms. The molecule has 1 aromatic carbocycles. The average Bonchev–Trinajstić information content (AvgIpc) is 2.34. The highest BCUT2D eigenvalue weighted by Gasteiger charge is 2.20. The van der Waals surface area contributed by atoms with Crippen LogP contribution in [0.2, 0.25) is 5.02 Å². The molecular formula is C15H19ClO. The zero-order chi connectivity index (χ0) is 12.3. The van der Waals surface area contributed by atoms with Crippen LogP contribution in [0.3, 0.4) is 0 Å². The summed E-state index contributed by atoms with van der Waals surface area (Å²) in [5, 5.41) is 11.0. The van der Waals surface area contributed by atoms with Crippen LogP contribution >= 0.6 is 11.6 Å². The summed E-state index contributed by atoms with van der Waals surface area (Å²) >= 11 is 6.19. The molecule has 1 nitrogen and oxygen atoms in total. The molecule has 0 saturated carbocycles. The first-order chi connectivity index (χ1) is 8.16. The summed E-state index contributed by atoms with van der Waals surface area (Å²) in [6.45, 7) is 2.03. The number of aryl methyl sites for hydroxylation is 1. The standard InChI is InChI=1S/C15H19ClO/c1-11-7-8-13(14(16)9-11)10-15(17)12-5-3-2-4-6-12/h2-3,7-9,12,15,17H,4-6,10H2,1H3. The molecule has 1 aliphatic carbocycles. The monoisotopic (exact) mass is 250 g/mol. The Morgan fingerprint density at radius 2 is 2.24 bits per heavy atom. The molecule has 0 amide bonds. The summed E-state index contributed by atoms with van der Waals surface area (Å²) in [6, 6.07) is 6.04. The first-order valence-electron chi connectivity index (χ1n) is 6.25. The van der Waals surface area contributed by atoms with Gasteiger partial charge in [-0.2, -0.15) is 0 Å². The van der Waals surface area contributed by atoms with Crippen molar-refractivity contribution in [3.63, 3.8) is 0 Å². The maximum atomic E-state index is 10.2. The van der Waals surface area contributed by atoms with Crippen molar-refractivity contribution in [2.45, 2.75) is 38.7 Å². The highest BCUT2D eigenvalue weighted by atomic mass is 35.5. The van der Waals surface area contributed by atoms with Crippen molar-refractivity contribution in [3.8, 4) is 0 Å². The number of aliphatic hydroxyl groups is 1. The molecule has 2 unspecified atom stereocenters. The maximum Gasteiger partial charge on any atom is 0.0612 e. The summed E-state index contributed by atoms with van der Waals surface area (Å²) in [5.74, 6) is 0.386. The smallest absolute Gasteiger partial charge is 0.0612 e. The fourth-order valence-electron chi connectivity index (χ4n) is 2.38. The molecular weight excluding hydrogens is 232 g/mol. The molecule has 0 aliphatic heterocycles. The molecule has 0 saturated heterocycles. The van der Waals surface area contributed by atoms with Gasteiger partial charge in [0, 0.05) is 11.4 Å². The summed E-state index contributed by atoms with van der Waals surface area (Å²) in [4.78, 5) is 0. The zero-order valence-corrected chi connectivity index (χ0v) is 11.0. The third-order valence-electron chi connectivity index (χ3n) is 3.49. The molecule has 2 rings (SSSR count). The van der Waals surface area contributed by atoms with Crippen LogP contribution < -0.4 is 0 Å². The van der Waals surface area contributed by atoms with E-state index in [1.165, 1.54) is 0 Å². The van der Waals surface area contributed by atoms with Gasteiger partial charge in [0.2, 0.25) is 0 Å². The van der Waals surface area contributed by atoms with Crippen LogP contribution in [-0.2, 0) is 6.42 Å². The summed E-state index contributed by atoms with van der Waals surface area (Å²) < 4.78 is 0.